The number of hydrogen-bond donors (Lipinski definition) is 1. The average molecular weight is 404 g/mol. The minimum Gasteiger partial charge on any atom is -0.481 e. The van der Waals surface area contributed by atoms with Gasteiger partial charge in [-0.25, -0.2) is 4.98 Å². The van der Waals surface area contributed by atoms with Crippen molar-refractivity contribution in [2.24, 2.45) is 0 Å². The van der Waals surface area contributed by atoms with E-state index in [1.165, 1.54) is 11.8 Å². The zero-order valence-electron chi connectivity index (χ0n) is 10.6. The van der Waals surface area contributed by atoms with Crippen molar-refractivity contribution in [1.29, 1.82) is 0 Å². The second kappa shape index (κ2) is 5.90. The van der Waals surface area contributed by atoms with Gasteiger partial charge in [0.2, 0.25) is 0 Å². The Balaban J connectivity index is 2.05. The van der Waals surface area contributed by atoms with Gasteiger partial charge in [0.15, 0.2) is 5.16 Å². The lowest BCUT2D eigenvalue weighted by Crippen LogP contribution is -2.10. The maximum absolute atomic E-state index is 10.8. The van der Waals surface area contributed by atoms with Crippen molar-refractivity contribution >= 4 is 51.4 Å². The zero-order chi connectivity index (χ0) is 14.1. The van der Waals surface area contributed by atoms with Crippen LogP contribution in [-0.4, -0.2) is 39.6 Å². The second-order valence-corrected chi connectivity index (χ2v) is 6.79. The normalized spacial score (nSPS) is 18.8. The van der Waals surface area contributed by atoms with E-state index in [2.05, 4.69) is 32.1 Å². The third-order valence-corrected chi connectivity index (χ3v) is 4.82. The minimum absolute atomic E-state index is 0.0218. The van der Waals surface area contributed by atoms with Gasteiger partial charge in [0, 0.05) is 10.2 Å². The van der Waals surface area contributed by atoms with Gasteiger partial charge in [-0.15, -0.1) is 0 Å². The maximum Gasteiger partial charge on any atom is 0.313 e. The summed E-state index contributed by atoms with van der Waals surface area (Å²) in [6.45, 7) is 1.41. The fourth-order valence-electron chi connectivity index (χ4n) is 2.36. The van der Waals surface area contributed by atoms with Crippen LogP contribution in [0.15, 0.2) is 23.4 Å². The summed E-state index contributed by atoms with van der Waals surface area (Å²) in [4.78, 5) is 15.4. The Bertz CT molecular complexity index is 652. The Morgan fingerprint density at radius 1 is 1.60 bits per heavy atom. The molecule has 1 aliphatic heterocycles. The third-order valence-electron chi connectivity index (χ3n) is 3.21. The fraction of sp³-hybridized carbons (Fsp3) is 0.385. The molecule has 1 unspecified atom stereocenters. The van der Waals surface area contributed by atoms with Crippen molar-refractivity contribution in [2.45, 2.75) is 17.6 Å². The van der Waals surface area contributed by atoms with Crippen LogP contribution in [0.3, 0.4) is 0 Å². The number of rotatable bonds is 4. The summed E-state index contributed by atoms with van der Waals surface area (Å²) in [5.74, 6) is -0.806. The first-order valence-electron chi connectivity index (χ1n) is 6.25. The molecule has 1 aliphatic rings. The van der Waals surface area contributed by atoms with Crippen molar-refractivity contribution in [3.05, 3.63) is 21.8 Å². The van der Waals surface area contributed by atoms with Gasteiger partial charge in [-0.3, -0.25) is 4.79 Å². The number of thioether (sulfide) groups is 1. The lowest BCUT2D eigenvalue weighted by molar-refractivity contribution is -0.133. The van der Waals surface area contributed by atoms with Crippen LogP contribution in [0.2, 0.25) is 0 Å². The fourth-order valence-corrected chi connectivity index (χ4v) is 3.63. The molecule has 0 bridgehead atoms. The van der Waals surface area contributed by atoms with E-state index >= 15 is 0 Å². The topological polar surface area (TPSA) is 64.3 Å². The molecule has 1 N–H and O–H groups in total. The number of fused-ring (bicyclic) bond motifs is 1. The molecule has 1 saturated heterocycles. The molecule has 0 radical (unpaired) electrons. The lowest BCUT2D eigenvalue weighted by Gasteiger charge is -2.14. The number of imidazole rings is 1. The number of halogens is 1. The van der Waals surface area contributed by atoms with Crippen LogP contribution in [0, 0.1) is 3.57 Å². The van der Waals surface area contributed by atoms with Gasteiger partial charge in [-0.1, -0.05) is 11.8 Å². The highest BCUT2D eigenvalue weighted by Crippen LogP contribution is 2.32. The number of hydrogen-bond acceptors (Lipinski definition) is 4. The number of carboxylic acid groups (broad SMARTS) is 1. The number of aromatic nitrogens is 2. The average Bonchev–Trinajstić information content (AvgIpc) is 3.01. The summed E-state index contributed by atoms with van der Waals surface area (Å²) < 4.78 is 8.71. The van der Waals surface area contributed by atoms with Crippen LogP contribution in [0.5, 0.6) is 0 Å². The molecule has 0 aliphatic carbocycles. The summed E-state index contributed by atoms with van der Waals surface area (Å²) in [5.41, 5.74) is 1.96. The van der Waals surface area contributed by atoms with E-state index in [9.17, 15) is 4.79 Å². The quantitative estimate of drug-likeness (QED) is 0.627. The van der Waals surface area contributed by atoms with E-state index < -0.39 is 5.97 Å². The van der Waals surface area contributed by atoms with E-state index in [0.717, 1.165) is 32.8 Å². The summed E-state index contributed by atoms with van der Waals surface area (Å²) in [6.07, 6.45) is 0.943. The van der Waals surface area contributed by atoms with Crippen LogP contribution < -0.4 is 0 Å². The summed E-state index contributed by atoms with van der Waals surface area (Å²) in [7, 11) is 0. The molecule has 0 saturated carbocycles. The van der Waals surface area contributed by atoms with E-state index in [4.69, 9.17) is 9.84 Å². The molecule has 1 fully saturated rings. The first kappa shape index (κ1) is 14.2. The predicted octanol–water partition coefficient (Wildman–Crippen LogP) is 2.78. The molecule has 0 amide bonds. The Hall–Kier alpha value is -0.800. The smallest absolute Gasteiger partial charge is 0.313 e. The van der Waals surface area contributed by atoms with Crippen LogP contribution in [0.1, 0.15) is 12.5 Å². The Labute approximate surface area is 133 Å². The van der Waals surface area contributed by atoms with Gasteiger partial charge in [-0.2, -0.15) is 0 Å². The van der Waals surface area contributed by atoms with Gasteiger partial charge in [-0.05, 0) is 47.2 Å². The number of carboxylic acids is 1. The second-order valence-electron chi connectivity index (χ2n) is 4.60. The standard InChI is InChI=1S/C13H13IN2O3S/c14-8-1-2-11-10(5-8)15-13(20-7-12(17)18)16(11)9-3-4-19-6-9/h1-2,5,9H,3-4,6-7H2,(H,17,18). The number of carbonyl (C=O) groups is 1. The van der Waals surface area contributed by atoms with E-state index in [0.29, 0.717) is 6.61 Å². The zero-order valence-corrected chi connectivity index (χ0v) is 13.6. The first-order chi connectivity index (χ1) is 9.65. The van der Waals surface area contributed by atoms with Gasteiger partial charge in [0.05, 0.1) is 29.4 Å². The Morgan fingerprint density at radius 2 is 2.45 bits per heavy atom. The Kier molecular flexibility index (Phi) is 4.18. The van der Waals surface area contributed by atoms with E-state index in [1.807, 2.05) is 18.2 Å². The van der Waals surface area contributed by atoms with E-state index in [-0.39, 0.29) is 11.8 Å². The number of nitrogens with zero attached hydrogens (tertiary/aromatic N) is 2. The van der Waals surface area contributed by atoms with Gasteiger partial charge < -0.3 is 14.4 Å². The lowest BCUT2D eigenvalue weighted by atomic mass is 10.2. The van der Waals surface area contributed by atoms with Crippen molar-refractivity contribution in [3.63, 3.8) is 0 Å². The van der Waals surface area contributed by atoms with Crippen molar-refractivity contribution in [2.75, 3.05) is 19.0 Å². The van der Waals surface area contributed by atoms with Crippen molar-refractivity contribution in [1.82, 2.24) is 9.55 Å². The Morgan fingerprint density at radius 3 is 3.15 bits per heavy atom. The number of ether oxygens (including phenoxy) is 1. The SMILES string of the molecule is O=C(O)CSc1nc2cc(I)ccc2n1C1CCOC1. The predicted molar refractivity (Wildman–Crippen MR) is 85.3 cm³/mol. The molecule has 1 aromatic heterocycles. The molecule has 3 rings (SSSR count). The maximum atomic E-state index is 10.8. The monoisotopic (exact) mass is 404 g/mol. The molecule has 2 heterocycles. The molecule has 0 spiro atoms. The summed E-state index contributed by atoms with van der Waals surface area (Å²) in [6, 6.07) is 6.36. The highest BCUT2D eigenvalue weighted by molar-refractivity contribution is 14.1. The van der Waals surface area contributed by atoms with Gasteiger partial charge in [0.25, 0.3) is 0 Å². The number of benzene rings is 1. The highest BCUT2D eigenvalue weighted by atomic mass is 127. The van der Waals surface area contributed by atoms with Crippen LogP contribution >= 0.6 is 34.4 Å². The minimum atomic E-state index is -0.828. The molecule has 1 aromatic carbocycles. The molecule has 1 atom stereocenters. The molecule has 5 nitrogen and oxygen atoms in total. The highest BCUT2D eigenvalue weighted by Gasteiger charge is 2.23. The molecule has 7 heteroatoms. The summed E-state index contributed by atoms with van der Waals surface area (Å²) in [5, 5.41) is 9.63. The van der Waals surface area contributed by atoms with Crippen molar-refractivity contribution < 1.29 is 14.6 Å². The molecule has 20 heavy (non-hydrogen) atoms. The van der Waals surface area contributed by atoms with Crippen LogP contribution in [0.4, 0.5) is 0 Å². The third kappa shape index (κ3) is 2.79. The summed E-state index contributed by atoms with van der Waals surface area (Å²) >= 11 is 3.52. The molecular formula is C13H13IN2O3S. The first-order valence-corrected chi connectivity index (χ1v) is 8.31. The molecular weight excluding hydrogens is 391 g/mol. The van der Waals surface area contributed by atoms with Gasteiger partial charge >= 0.3 is 5.97 Å². The van der Waals surface area contributed by atoms with Gasteiger partial charge in [0.1, 0.15) is 0 Å². The molecule has 2 aromatic rings. The molecule has 106 valence electrons. The largest absolute Gasteiger partial charge is 0.481 e. The van der Waals surface area contributed by atoms with E-state index in [1.54, 1.807) is 0 Å². The van der Waals surface area contributed by atoms with Crippen LogP contribution in [0.25, 0.3) is 11.0 Å². The number of aliphatic carboxylic acids is 1. The van der Waals surface area contributed by atoms with Crippen molar-refractivity contribution in [3.8, 4) is 0 Å². The van der Waals surface area contributed by atoms with Crippen LogP contribution in [-0.2, 0) is 9.53 Å².